The van der Waals surface area contributed by atoms with Gasteiger partial charge in [0.15, 0.2) is 0 Å². The highest BCUT2D eigenvalue weighted by Gasteiger charge is 2.17. The molecule has 112 valence electrons. The Labute approximate surface area is 132 Å². The largest absolute Gasteiger partial charge is 0.419 e. The maximum absolute atomic E-state index is 13.7. The minimum atomic E-state index is -0.238. The van der Waals surface area contributed by atoms with E-state index in [9.17, 15) is 4.39 Å². The Hall–Kier alpha value is -2.14. The van der Waals surface area contributed by atoms with Crippen molar-refractivity contribution in [2.24, 2.45) is 0 Å². The molecule has 3 rings (SSSR count). The van der Waals surface area contributed by atoms with Crippen LogP contribution < -0.4 is 0 Å². The fourth-order valence-electron chi connectivity index (χ4n) is 1.99. The lowest BCUT2D eigenvalue weighted by Crippen LogP contribution is -1.90. The third-order valence-corrected chi connectivity index (χ3v) is 4.37. The summed E-state index contributed by atoms with van der Waals surface area (Å²) in [6, 6.07) is 14.6. The molecule has 0 amide bonds. The molecular weight excluding hydrogens is 299 g/mol. The van der Waals surface area contributed by atoms with Crippen molar-refractivity contribution in [2.75, 3.05) is 0 Å². The molecule has 1 aromatic heterocycles. The molecule has 22 heavy (non-hydrogen) atoms. The number of halogens is 1. The molecule has 0 aliphatic heterocycles. The smallest absolute Gasteiger partial charge is 0.247 e. The zero-order valence-electron chi connectivity index (χ0n) is 12.3. The van der Waals surface area contributed by atoms with Crippen molar-refractivity contribution in [3.8, 4) is 11.5 Å². The highest BCUT2D eigenvalue weighted by Crippen LogP contribution is 2.36. The topological polar surface area (TPSA) is 38.9 Å². The third kappa shape index (κ3) is 3.20. The highest BCUT2D eigenvalue weighted by molar-refractivity contribution is 7.99. The van der Waals surface area contributed by atoms with Crippen LogP contribution in [0.2, 0.25) is 0 Å². The summed E-state index contributed by atoms with van der Waals surface area (Å²) in [5.41, 5.74) is 2.06. The van der Waals surface area contributed by atoms with E-state index in [1.807, 2.05) is 44.2 Å². The van der Waals surface area contributed by atoms with Crippen LogP contribution in [0.25, 0.3) is 11.5 Å². The second-order valence-electron chi connectivity index (χ2n) is 5.00. The molecule has 0 radical (unpaired) electrons. The van der Waals surface area contributed by atoms with Crippen molar-refractivity contribution in [3.05, 3.63) is 65.8 Å². The van der Waals surface area contributed by atoms with E-state index in [2.05, 4.69) is 10.2 Å². The standard InChI is InChI=1S/C17H15FN2OS/c1-11-7-9-13(10-8-11)17-20-19-16(21-17)12(2)22-15-6-4-3-5-14(15)18/h3-10,12H,1-2H3. The van der Waals surface area contributed by atoms with Crippen LogP contribution in [0.3, 0.4) is 0 Å². The van der Waals surface area contributed by atoms with Crippen molar-refractivity contribution >= 4 is 11.8 Å². The van der Waals surface area contributed by atoms with Crippen molar-refractivity contribution in [3.63, 3.8) is 0 Å². The van der Waals surface area contributed by atoms with E-state index in [-0.39, 0.29) is 11.1 Å². The third-order valence-electron chi connectivity index (χ3n) is 3.23. The van der Waals surface area contributed by atoms with Crippen LogP contribution in [-0.4, -0.2) is 10.2 Å². The van der Waals surface area contributed by atoms with Gasteiger partial charge in [0, 0.05) is 10.5 Å². The second kappa shape index (κ2) is 6.32. The minimum Gasteiger partial charge on any atom is -0.419 e. The van der Waals surface area contributed by atoms with Gasteiger partial charge in [-0.3, -0.25) is 0 Å². The monoisotopic (exact) mass is 314 g/mol. The number of hydrogen-bond acceptors (Lipinski definition) is 4. The van der Waals surface area contributed by atoms with Crippen LogP contribution in [0.1, 0.15) is 23.6 Å². The van der Waals surface area contributed by atoms with Gasteiger partial charge in [-0.05, 0) is 38.1 Å². The second-order valence-corrected chi connectivity index (χ2v) is 6.38. The lowest BCUT2D eigenvalue weighted by molar-refractivity contribution is 0.509. The summed E-state index contributed by atoms with van der Waals surface area (Å²) in [4.78, 5) is 0.574. The predicted molar refractivity (Wildman–Crippen MR) is 85.1 cm³/mol. The fraction of sp³-hybridized carbons (Fsp3) is 0.176. The summed E-state index contributed by atoms with van der Waals surface area (Å²) in [5.74, 6) is 0.734. The van der Waals surface area contributed by atoms with Crippen LogP contribution in [0, 0.1) is 12.7 Å². The number of hydrogen-bond donors (Lipinski definition) is 0. The molecule has 3 nitrogen and oxygen atoms in total. The van der Waals surface area contributed by atoms with Crippen LogP contribution >= 0.6 is 11.8 Å². The molecule has 1 unspecified atom stereocenters. The Morgan fingerprint density at radius 1 is 1.05 bits per heavy atom. The van der Waals surface area contributed by atoms with E-state index in [0.29, 0.717) is 16.7 Å². The molecule has 5 heteroatoms. The molecule has 0 bridgehead atoms. The van der Waals surface area contributed by atoms with E-state index in [1.54, 1.807) is 12.1 Å². The average molecular weight is 314 g/mol. The number of benzene rings is 2. The summed E-state index contributed by atoms with van der Waals surface area (Å²) >= 11 is 1.36. The van der Waals surface area contributed by atoms with E-state index in [1.165, 1.54) is 23.4 Å². The molecule has 1 atom stereocenters. The van der Waals surface area contributed by atoms with Gasteiger partial charge in [0.2, 0.25) is 11.8 Å². The van der Waals surface area contributed by atoms with Crippen LogP contribution in [-0.2, 0) is 0 Å². The average Bonchev–Trinajstić information content (AvgIpc) is 3.00. The summed E-state index contributed by atoms with van der Waals surface area (Å²) in [6.45, 7) is 3.94. The Balaban J connectivity index is 1.78. The van der Waals surface area contributed by atoms with Gasteiger partial charge >= 0.3 is 0 Å². The van der Waals surface area contributed by atoms with Gasteiger partial charge in [-0.25, -0.2) is 4.39 Å². The minimum absolute atomic E-state index is 0.122. The van der Waals surface area contributed by atoms with Crippen molar-refractivity contribution in [1.29, 1.82) is 0 Å². The van der Waals surface area contributed by atoms with Crippen LogP contribution in [0.5, 0.6) is 0 Å². The van der Waals surface area contributed by atoms with Crippen LogP contribution in [0.15, 0.2) is 57.8 Å². The van der Waals surface area contributed by atoms with Gasteiger partial charge in [-0.2, -0.15) is 0 Å². The first kappa shape index (κ1) is 14.8. The number of thioether (sulfide) groups is 1. The summed E-state index contributed by atoms with van der Waals surface area (Å²) in [6.07, 6.45) is 0. The summed E-state index contributed by atoms with van der Waals surface area (Å²) in [5, 5.41) is 8.04. The molecule has 0 spiro atoms. The van der Waals surface area contributed by atoms with E-state index in [4.69, 9.17) is 4.42 Å². The summed E-state index contributed by atoms with van der Waals surface area (Å²) in [7, 11) is 0. The number of rotatable bonds is 4. The van der Waals surface area contributed by atoms with Gasteiger partial charge < -0.3 is 4.42 Å². The molecule has 3 aromatic rings. The Kier molecular flexibility index (Phi) is 4.24. The molecule has 0 aliphatic carbocycles. The Morgan fingerprint density at radius 2 is 1.77 bits per heavy atom. The molecular formula is C17H15FN2OS. The highest BCUT2D eigenvalue weighted by atomic mass is 32.2. The Bertz CT molecular complexity index is 770. The van der Waals surface area contributed by atoms with Crippen molar-refractivity contribution in [1.82, 2.24) is 10.2 Å². The number of aryl methyl sites for hydroxylation is 1. The first-order valence-electron chi connectivity index (χ1n) is 6.95. The van der Waals surface area contributed by atoms with Gasteiger partial charge in [0.1, 0.15) is 5.82 Å². The van der Waals surface area contributed by atoms with E-state index >= 15 is 0 Å². The van der Waals surface area contributed by atoms with Gasteiger partial charge in [0.05, 0.1) is 5.25 Å². The van der Waals surface area contributed by atoms with E-state index in [0.717, 1.165) is 5.56 Å². The summed E-state index contributed by atoms with van der Waals surface area (Å²) < 4.78 is 19.4. The zero-order valence-corrected chi connectivity index (χ0v) is 13.1. The van der Waals surface area contributed by atoms with E-state index < -0.39 is 0 Å². The molecule has 0 saturated heterocycles. The lowest BCUT2D eigenvalue weighted by atomic mass is 10.1. The first-order valence-corrected chi connectivity index (χ1v) is 7.83. The number of nitrogens with zero attached hydrogens (tertiary/aromatic N) is 2. The maximum Gasteiger partial charge on any atom is 0.247 e. The van der Waals surface area contributed by atoms with Crippen molar-refractivity contribution in [2.45, 2.75) is 24.0 Å². The molecule has 2 aromatic carbocycles. The zero-order chi connectivity index (χ0) is 15.5. The van der Waals surface area contributed by atoms with Crippen LogP contribution in [0.4, 0.5) is 4.39 Å². The van der Waals surface area contributed by atoms with Gasteiger partial charge in [0.25, 0.3) is 0 Å². The fourth-order valence-corrected chi connectivity index (χ4v) is 2.91. The van der Waals surface area contributed by atoms with Crippen molar-refractivity contribution < 1.29 is 8.81 Å². The lowest BCUT2D eigenvalue weighted by Gasteiger charge is -2.07. The first-order chi connectivity index (χ1) is 10.6. The normalized spacial score (nSPS) is 12.3. The molecule has 0 N–H and O–H groups in total. The molecule has 0 fully saturated rings. The maximum atomic E-state index is 13.7. The molecule has 0 aliphatic rings. The SMILES string of the molecule is Cc1ccc(-c2nnc(C(C)Sc3ccccc3F)o2)cc1. The quantitative estimate of drug-likeness (QED) is 0.633. The molecule has 0 saturated carbocycles. The molecule has 1 heterocycles. The number of aromatic nitrogens is 2. The van der Waals surface area contributed by atoms with Gasteiger partial charge in [-0.1, -0.05) is 29.8 Å². The van der Waals surface area contributed by atoms with Gasteiger partial charge in [-0.15, -0.1) is 22.0 Å². The Morgan fingerprint density at radius 3 is 2.50 bits per heavy atom. The predicted octanol–water partition coefficient (Wildman–Crippen LogP) is 5.04.